The van der Waals surface area contributed by atoms with Crippen molar-refractivity contribution < 1.29 is 18.3 Å². The Kier molecular flexibility index (Phi) is 3.24. The molecule has 10 heteroatoms. The van der Waals surface area contributed by atoms with Crippen LogP contribution in [0.25, 0.3) is 0 Å². The maximum Gasteiger partial charge on any atom is 0.451 e. The summed E-state index contributed by atoms with van der Waals surface area (Å²) in [5.74, 6) is -0.263. The largest absolute Gasteiger partial charge is 0.451 e. The summed E-state index contributed by atoms with van der Waals surface area (Å²) in [5, 5.41) is 15.8. The molecule has 2 aromatic rings. The molecule has 0 fully saturated rings. The molecule has 1 N–H and O–H groups in total. The van der Waals surface area contributed by atoms with E-state index >= 15 is 0 Å². The first-order chi connectivity index (χ1) is 9.99. The summed E-state index contributed by atoms with van der Waals surface area (Å²) in [6, 6.07) is 0. The molecule has 0 radical (unpaired) electrons. The highest BCUT2D eigenvalue weighted by atomic mass is 19.4. The van der Waals surface area contributed by atoms with Gasteiger partial charge in [-0.25, -0.2) is 4.98 Å². The number of hydrogen-bond acceptors (Lipinski definition) is 6. The number of anilines is 1. The van der Waals surface area contributed by atoms with E-state index in [1.807, 2.05) is 0 Å². The Morgan fingerprint density at radius 2 is 2.00 bits per heavy atom. The molecule has 0 aromatic carbocycles. The molecule has 0 spiro atoms. The lowest BCUT2D eigenvalue weighted by Gasteiger charge is -2.28. The lowest BCUT2D eigenvalue weighted by atomic mass is 10.3. The van der Waals surface area contributed by atoms with Crippen LogP contribution in [-0.4, -0.2) is 36.4 Å². The fraction of sp³-hybridized carbons (Fsp3) is 0.455. The topological polar surface area (TPSA) is 80.0 Å². The molecule has 1 aliphatic heterocycles. The highest BCUT2D eigenvalue weighted by Crippen LogP contribution is 2.30. The van der Waals surface area contributed by atoms with Gasteiger partial charge in [0.15, 0.2) is 5.82 Å². The van der Waals surface area contributed by atoms with Crippen molar-refractivity contribution in [3.63, 3.8) is 0 Å². The molecule has 0 bridgehead atoms. The maximum absolute atomic E-state index is 12.7. The van der Waals surface area contributed by atoms with E-state index in [1.54, 1.807) is 4.90 Å². The summed E-state index contributed by atoms with van der Waals surface area (Å²) < 4.78 is 39.3. The normalized spacial score (nSPS) is 15.1. The summed E-state index contributed by atoms with van der Waals surface area (Å²) in [6.45, 7) is 0.357. The third kappa shape index (κ3) is 2.53. The SMILES string of the molecule is OCc1cncc(N2CCn3c(nnc3C(F)(F)F)C2)n1. The second-order valence-corrected chi connectivity index (χ2v) is 4.54. The molecule has 0 amide bonds. The van der Waals surface area contributed by atoms with Gasteiger partial charge in [-0.3, -0.25) is 4.98 Å². The molecule has 1 aliphatic rings. The molecule has 0 saturated carbocycles. The summed E-state index contributed by atoms with van der Waals surface area (Å²) in [5.41, 5.74) is 0.399. The minimum Gasteiger partial charge on any atom is -0.390 e. The van der Waals surface area contributed by atoms with Gasteiger partial charge in [0.1, 0.15) is 5.82 Å². The Morgan fingerprint density at radius 1 is 1.19 bits per heavy atom. The zero-order chi connectivity index (χ0) is 15.0. The number of aromatic nitrogens is 5. The molecular weight excluding hydrogens is 289 g/mol. The van der Waals surface area contributed by atoms with E-state index < -0.39 is 12.0 Å². The van der Waals surface area contributed by atoms with E-state index in [9.17, 15) is 13.2 Å². The van der Waals surface area contributed by atoms with Crippen LogP contribution in [0.4, 0.5) is 19.0 Å². The van der Waals surface area contributed by atoms with Crippen LogP contribution in [0.1, 0.15) is 17.3 Å². The van der Waals surface area contributed by atoms with Gasteiger partial charge in [0.2, 0.25) is 5.82 Å². The van der Waals surface area contributed by atoms with Crippen molar-refractivity contribution in [2.45, 2.75) is 25.9 Å². The number of nitrogens with zero attached hydrogens (tertiary/aromatic N) is 6. The predicted octanol–water partition coefficient (Wildman–Crippen LogP) is 0.599. The summed E-state index contributed by atoms with van der Waals surface area (Å²) >= 11 is 0. The van der Waals surface area contributed by atoms with E-state index in [-0.39, 0.29) is 25.5 Å². The Labute approximate surface area is 117 Å². The molecule has 3 heterocycles. The van der Waals surface area contributed by atoms with Crippen LogP contribution in [0.3, 0.4) is 0 Å². The fourth-order valence-corrected chi connectivity index (χ4v) is 2.19. The molecule has 112 valence electrons. The first kappa shape index (κ1) is 13.7. The molecule has 0 aliphatic carbocycles. The number of aliphatic hydroxyl groups is 1. The smallest absolute Gasteiger partial charge is 0.390 e. The molecule has 21 heavy (non-hydrogen) atoms. The number of hydrogen-bond donors (Lipinski definition) is 1. The van der Waals surface area contributed by atoms with Gasteiger partial charge < -0.3 is 14.6 Å². The van der Waals surface area contributed by atoms with Crippen LogP contribution < -0.4 is 4.90 Å². The van der Waals surface area contributed by atoms with Crippen molar-refractivity contribution in [1.29, 1.82) is 0 Å². The minimum absolute atomic E-state index is 0.113. The van der Waals surface area contributed by atoms with Crippen LogP contribution in [0, 0.1) is 0 Å². The average molecular weight is 300 g/mol. The molecule has 7 nitrogen and oxygen atoms in total. The zero-order valence-electron chi connectivity index (χ0n) is 10.7. The van der Waals surface area contributed by atoms with Crippen LogP contribution >= 0.6 is 0 Å². The van der Waals surface area contributed by atoms with Gasteiger partial charge >= 0.3 is 6.18 Å². The van der Waals surface area contributed by atoms with Gasteiger partial charge in [-0.05, 0) is 0 Å². The van der Waals surface area contributed by atoms with Crippen LogP contribution in [0.2, 0.25) is 0 Å². The van der Waals surface area contributed by atoms with Crippen LogP contribution in [-0.2, 0) is 25.9 Å². The van der Waals surface area contributed by atoms with Crippen molar-refractivity contribution in [3.8, 4) is 0 Å². The maximum atomic E-state index is 12.7. The predicted molar refractivity (Wildman–Crippen MR) is 64.0 cm³/mol. The third-order valence-corrected chi connectivity index (χ3v) is 3.16. The molecular formula is C11H11F3N6O. The number of aliphatic hydroxyl groups excluding tert-OH is 1. The highest BCUT2D eigenvalue weighted by Gasteiger charge is 2.39. The Balaban J connectivity index is 1.86. The molecule has 0 saturated heterocycles. The van der Waals surface area contributed by atoms with E-state index in [2.05, 4.69) is 20.2 Å². The first-order valence-electron chi connectivity index (χ1n) is 6.15. The Morgan fingerprint density at radius 3 is 2.71 bits per heavy atom. The zero-order valence-corrected chi connectivity index (χ0v) is 10.7. The van der Waals surface area contributed by atoms with Crippen molar-refractivity contribution in [2.24, 2.45) is 0 Å². The molecule has 0 atom stereocenters. The standard InChI is InChI=1S/C11H11F3N6O/c12-11(13,14)10-18-17-9-5-19(1-2-20(9)10)8-4-15-3-7(6-21)16-8/h3-4,21H,1-2,5-6H2. The molecule has 2 aromatic heterocycles. The van der Waals surface area contributed by atoms with Gasteiger partial charge in [-0.15, -0.1) is 10.2 Å². The summed E-state index contributed by atoms with van der Waals surface area (Å²) in [6.07, 6.45) is -1.59. The van der Waals surface area contributed by atoms with Crippen LogP contribution in [0.5, 0.6) is 0 Å². The Hall–Kier alpha value is -2.23. The minimum atomic E-state index is -4.51. The summed E-state index contributed by atoms with van der Waals surface area (Å²) in [7, 11) is 0. The lowest BCUT2D eigenvalue weighted by molar-refractivity contribution is -0.147. The van der Waals surface area contributed by atoms with E-state index in [0.717, 1.165) is 4.57 Å². The van der Waals surface area contributed by atoms with Crippen LogP contribution in [0.15, 0.2) is 12.4 Å². The average Bonchev–Trinajstić information content (AvgIpc) is 2.90. The third-order valence-electron chi connectivity index (χ3n) is 3.16. The Bertz CT molecular complexity index is 656. The quantitative estimate of drug-likeness (QED) is 0.875. The number of fused-ring (bicyclic) bond motifs is 1. The van der Waals surface area contributed by atoms with Crippen molar-refractivity contribution in [2.75, 3.05) is 11.4 Å². The van der Waals surface area contributed by atoms with Crippen molar-refractivity contribution in [3.05, 3.63) is 29.7 Å². The monoisotopic (exact) mass is 300 g/mol. The van der Waals surface area contributed by atoms with E-state index in [1.165, 1.54) is 12.4 Å². The van der Waals surface area contributed by atoms with Gasteiger partial charge in [-0.2, -0.15) is 13.2 Å². The molecule has 3 rings (SSSR count). The highest BCUT2D eigenvalue weighted by molar-refractivity contribution is 5.37. The second kappa shape index (κ2) is 4.95. The number of halogens is 3. The fourth-order valence-electron chi connectivity index (χ4n) is 2.19. The van der Waals surface area contributed by atoms with Crippen molar-refractivity contribution >= 4 is 5.82 Å². The lowest BCUT2D eigenvalue weighted by Crippen LogP contribution is -2.36. The van der Waals surface area contributed by atoms with Gasteiger partial charge in [0.25, 0.3) is 0 Å². The number of alkyl halides is 3. The molecule has 0 unspecified atom stereocenters. The second-order valence-electron chi connectivity index (χ2n) is 4.54. The van der Waals surface area contributed by atoms with Gasteiger partial charge in [-0.1, -0.05) is 0 Å². The van der Waals surface area contributed by atoms with Gasteiger partial charge in [0, 0.05) is 13.1 Å². The van der Waals surface area contributed by atoms with Crippen molar-refractivity contribution in [1.82, 2.24) is 24.7 Å². The van der Waals surface area contributed by atoms with E-state index in [4.69, 9.17) is 5.11 Å². The number of rotatable bonds is 2. The van der Waals surface area contributed by atoms with E-state index in [0.29, 0.717) is 18.1 Å². The first-order valence-corrected chi connectivity index (χ1v) is 6.15. The van der Waals surface area contributed by atoms with Gasteiger partial charge in [0.05, 0.1) is 31.2 Å². The summed E-state index contributed by atoms with van der Waals surface area (Å²) in [4.78, 5) is 9.87.